The molecule has 0 N–H and O–H groups in total. The van der Waals surface area contributed by atoms with Gasteiger partial charge in [0.15, 0.2) is 0 Å². The van der Waals surface area contributed by atoms with Crippen LogP contribution in [0, 0.1) is 5.82 Å². The van der Waals surface area contributed by atoms with E-state index in [4.69, 9.17) is 4.74 Å². The molecule has 3 nitrogen and oxygen atoms in total. The highest BCUT2D eigenvalue weighted by atomic mass is 19.1. The van der Waals surface area contributed by atoms with Crippen LogP contribution in [0.15, 0.2) is 48.5 Å². The van der Waals surface area contributed by atoms with Crippen molar-refractivity contribution in [1.82, 2.24) is 4.90 Å². The van der Waals surface area contributed by atoms with Gasteiger partial charge >= 0.3 is 0 Å². The number of methoxy groups -OCH3 is 1. The van der Waals surface area contributed by atoms with Crippen LogP contribution in [0.25, 0.3) is 0 Å². The van der Waals surface area contributed by atoms with E-state index in [2.05, 4.69) is 0 Å². The Bertz CT molecular complexity index is 669. The molecule has 0 unspecified atom stereocenters. The highest BCUT2D eigenvalue weighted by Gasteiger charge is 2.28. The van der Waals surface area contributed by atoms with Crippen molar-refractivity contribution in [2.75, 3.05) is 20.2 Å². The lowest BCUT2D eigenvalue weighted by atomic mass is 9.98. The highest BCUT2D eigenvalue weighted by Crippen LogP contribution is 2.29. The first-order valence-electron chi connectivity index (χ1n) is 7.36. The van der Waals surface area contributed by atoms with Crippen molar-refractivity contribution in [2.24, 2.45) is 0 Å². The summed E-state index contributed by atoms with van der Waals surface area (Å²) in [6.07, 6.45) is 0.924. The number of ether oxygens (including phenoxy) is 1. The zero-order valence-corrected chi connectivity index (χ0v) is 12.5. The van der Waals surface area contributed by atoms with E-state index in [1.807, 2.05) is 24.3 Å². The second kappa shape index (κ2) is 6.18. The van der Waals surface area contributed by atoms with Crippen molar-refractivity contribution in [3.05, 3.63) is 65.5 Å². The van der Waals surface area contributed by atoms with Gasteiger partial charge in [0.2, 0.25) is 0 Å². The fourth-order valence-electron chi connectivity index (χ4n) is 2.90. The Labute approximate surface area is 129 Å². The minimum atomic E-state index is -0.378. The fourth-order valence-corrected chi connectivity index (χ4v) is 2.90. The Hall–Kier alpha value is -2.36. The molecule has 3 rings (SSSR count). The average molecular weight is 299 g/mol. The molecule has 0 spiro atoms. The smallest absolute Gasteiger partial charge is 0.253 e. The van der Waals surface area contributed by atoms with Crippen LogP contribution in [0.1, 0.15) is 28.3 Å². The summed E-state index contributed by atoms with van der Waals surface area (Å²) in [5.74, 6) is 0.671. The molecule has 0 bridgehead atoms. The normalized spacial score (nSPS) is 17.5. The second-order valence-corrected chi connectivity index (χ2v) is 5.52. The Kier molecular flexibility index (Phi) is 4.09. The number of rotatable bonds is 3. The van der Waals surface area contributed by atoms with E-state index >= 15 is 0 Å². The van der Waals surface area contributed by atoms with Gasteiger partial charge in [-0.3, -0.25) is 4.79 Å². The number of halogens is 1. The van der Waals surface area contributed by atoms with Gasteiger partial charge in [0.1, 0.15) is 11.6 Å². The molecule has 0 radical (unpaired) electrons. The summed E-state index contributed by atoms with van der Waals surface area (Å²) >= 11 is 0. The highest BCUT2D eigenvalue weighted by molar-refractivity contribution is 5.94. The minimum absolute atomic E-state index is 0.101. The van der Waals surface area contributed by atoms with Gasteiger partial charge in [-0.15, -0.1) is 0 Å². The van der Waals surface area contributed by atoms with Crippen LogP contribution in [0.3, 0.4) is 0 Å². The van der Waals surface area contributed by atoms with Crippen LogP contribution in [0.4, 0.5) is 4.39 Å². The summed E-state index contributed by atoms with van der Waals surface area (Å²) in [7, 11) is 1.64. The topological polar surface area (TPSA) is 29.5 Å². The van der Waals surface area contributed by atoms with Crippen molar-refractivity contribution >= 4 is 5.91 Å². The largest absolute Gasteiger partial charge is 0.497 e. The Morgan fingerprint density at radius 1 is 1.23 bits per heavy atom. The zero-order chi connectivity index (χ0) is 15.5. The zero-order valence-electron chi connectivity index (χ0n) is 12.5. The van der Waals surface area contributed by atoms with Gasteiger partial charge < -0.3 is 9.64 Å². The maximum atomic E-state index is 13.2. The predicted molar refractivity (Wildman–Crippen MR) is 82.7 cm³/mol. The first-order valence-corrected chi connectivity index (χ1v) is 7.36. The van der Waals surface area contributed by atoms with E-state index in [0.29, 0.717) is 24.6 Å². The van der Waals surface area contributed by atoms with E-state index < -0.39 is 0 Å². The lowest BCUT2D eigenvalue weighted by Gasteiger charge is -2.17. The van der Waals surface area contributed by atoms with Crippen molar-refractivity contribution < 1.29 is 13.9 Å². The SMILES string of the molecule is COc1ccc([C@@H]2CCN(C(=O)c3cccc(F)c3)C2)cc1. The number of likely N-dealkylation sites (tertiary alicyclic amines) is 1. The van der Waals surface area contributed by atoms with Crippen LogP contribution >= 0.6 is 0 Å². The van der Waals surface area contributed by atoms with Crippen LogP contribution < -0.4 is 4.74 Å². The number of carbonyl (C=O) groups is 1. The van der Waals surface area contributed by atoms with Crippen LogP contribution in [-0.4, -0.2) is 31.0 Å². The number of hydrogen-bond acceptors (Lipinski definition) is 2. The maximum Gasteiger partial charge on any atom is 0.253 e. The van der Waals surface area contributed by atoms with Crippen LogP contribution in [-0.2, 0) is 0 Å². The monoisotopic (exact) mass is 299 g/mol. The lowest BCUT2D eigenvalue weighted by Crippen LogP contribution is -2.28. The van der Waals surface area contributed by atoms with Crippen LogP contribution in [0.5, 0.6) is 5.75 Å². The van der Waals surface area contributed by atoms with Gasteiger partial charge in [-0.2, -0.15) is 0 Å². The number of hydrogen-bond donors (Lipinski definition) is 0. The summed E-state index contributed by atoms with van der Waals surface area (Å²) in [6, 6.07) is 13.8. The number of carbonyl (C=O) groups excluding carboxylic acids is 1. The third-order valence-electron chi connectivity index (χ3n) is 4.13. The van der Waals surface area contributed by atoms with Gasteiger partial charge in [-0.1, -0.05) is 18.2 Å². The van der Waals surface area contributed by atoms with Crippen molar-refractivity contribution in [3.63, 3.8) is 0 Å². The van der Waals surface area contributed by atoms with E-state index in [1.165, 1.54) is 17.7 Å². The Balaban J connectivity index is 1.70. The molecule has 1 atom stereocenters. The first kappa shape index (κ1) is 14.6. The molecule has 114 valence electrons. The average Bonchev–Trinajstić information content (AvgIpc) is 3.04. The Morgan fingerprint density at radius 3 is 2.68 bits per heavy atom. The summed E-state index contributed by atoms with van der Waals surface area (Å²) in [6.45, 7) is 1.37. The molecular formula is C18H18FNO2. The predicted octanol–water partition coefficient (Wildman–Crippen LogP) is 3.46. The standard InChI is InChI=1S/C18H18FNO2/c1-22-17-7-5-13(6-8-17)15-9-10-20(12-15)18(21)14-3-2-4-16(19)11-14/h2-8,11,15H,9-10,12H2,1H3/t15-/m1/s1. The molecule has 1 saturated heterocycles. The van der Waals surface area contributed by atoms with E-state index in [0.717, 1.165) is 12.2 Å². The van der Waals surface area contributed by atoms with Crippen molar-refractivity contribution in [1.29, 1.82) is 0 Å². The van der Waals surface area contributed by atoms with Gasteiger partial charge in [0.05, 0.1) is 7.11 Å². The molecule has 1 fully saturated rings. The quantitative estimate of drug-likeness (QED) is 0.868. The van der Waals surface area contributed by atoms with E-state index in [1.54, 1.807) is 24.1 Å². The molecule has 0 aliphatic carbocycles. The minimum Gasteiger partial charge on any atom is -0.497 e. The van der Waals surface area contributed by atoms with E-state index in [9.17, 15) is 9.18 Å². The molecule has 1 amide bonds. The third-order valence-corrected chi connectivity index (χ3v) is 4.13. The van der Waals surface area contributed by atoms with Crippen molar-refractivity contribution in [3.8, 4) is 5.75 Å². The molecule has 0 aromatic heterocycles. The van der Waals surface area contributed by atoms with Gasteiger partial charge in [-0.05, 0) is 42.3 Å². The number of nitrogens with zero attached hydrogens (tertiary/aromatic N) is 1. The summed E-state index contributed by atoms with van der Waals surface area (Å²) in [5, 5.41) is 0. The summed E-state index contributed by atoms with van der Waals surface area (Å²) in [5.41, 5.74) is 1.62. The molecule has 2 aromatic carbocycles. The molecule has 22 heavy (non-hydrogen) atoms. The third kappa shape index (κ3) is 2.96. The Morgan fingerprint density at radius 2 is 2.00 bits per heavy atom. The summed E-state index contributed by atoms with van der Waals surface area (Å²) in [4.78, 5) is 14.2. The van der Waals surface area contributed by atoms with Crippen molar-refractivity contribution in [2.45, 2.75) is 12.3 Å². The van der Waals surface area contributed by atoms with Gasteiger partial charge in [-0.25, -0.2) is 4.39 Å². The molecular weight excluding hydrogens is 281 g/mol. The van der Waals surface area contributed by atoms with Gasteiger partial charge in [0, 0.05) is 24.6 Å². The molecule has 1 aliphatic heterocycles. The van der Waals surface area contributed by atoms with Gasteiger partial charge in [0.25, 0.3) is 5.91 Å². The second-order valence-electron chi connectivity index (χ2n) is 5.52. The molecule has 4 heteroatoms. The van der Waals surface area contributed by atoms with Crippen LogP contribution in [0.2, 0.25) is 0 Å². The first-order chi connectivity index (χ1) is 10.7. The fraction of sp³-hybridized carbons (Fsp3) is 0.278. The van der Waals surface area contributed by atoms with E-state index in [-0.39, 0.29) is 11.7 Å². The number of benzene rings is 2. The molecule has 1 aliphatic rings. The maximum absolute atomic E-state index is 13.2. The molecule has 0 saturated carbocycles. The number of amides is 1. The summed E-state index contributed by atoms with van der Waals surface area (Å²) < 4.78 is 18.4. The molecule has 1 heterocycles. The lowest BCUT2D eigenvalue weighted by molar-refractivity contribution is 0.0790. The molecule has 2 aromatic rings.